The topological polar surface area (TPSA) is 130 Å². The van der Waals surface area contributed by atoms with Crippen molar-refractivity contribution in [3.63, 3.8) is 0 Å². The molecular weight excluding hydrogens is 635 g/mol. The third-order valence-electron chi connectivity index (χ3n) is 11.4. The molecule has 0 radical (unpaired) electrons. The number of anilines is 1. The third kappa shape index (κ3) is 6.41. The van der Waals surface area contributed by atoms with Crippen LogP contribution in [0.3, 0.4) is 0 Å². The maximum atomic E-state index is 15.4. The van der Waals surface area contributed by atoms with Gasteiger partial charge in [0.1, 0.15) is 11.5 Å². The van der Waals surface area contributed by atoms with Gasteiger partial charge in [-0.15, -0.1) is 0 Å². The molecule has 1 atom stereocenters. The number of benzene rings is 1. The molecular formula is C38H45FN8O3. The first-order valence-corrected chi connectivity index (χ1v) is 18.1. The van der Waals surface area contributed by atoms with E-state index in [0.717, 1.165) is 92.8 Å². The number of hydrogen-bond acceptors (Lipinski definition) is 7. The summed E-state index contributed by atoms with van der Waals surface area (Å²) in [6.07, 6.45) is 7.82. The first-order chi connectivity index (χ1) is 24.1. The Morgan fingerprint density at radius 1 is 1.00 bits per heavy atom. The summed E-state index contributed by atoms with van der Waals surface area (Å²) < 4.78 is 15.4. The van der Waals surface area contributed by atoms with Gasteiger partial charge in [0.2, 0.25) is 11.8 Å². The highest BCUT2D eigenvalue weighted by Gasteiger charge is 2.32. The fourth-order valence-electron chi connectivity index (χ4n) is 8.32. The molecule has 50 heavy (non-hydrogen) atoms. The quantitative estimate of drug-likeness (QED) is 0.250. The number of halogens is 1. The van der Waals surface area contributed by atoms with Gasteiger partial charge in [0.15, 0.2) is 0 Å². The Labute approximate surface area is 291 Å². The predicted octanol–water partition coefficient (Wildman–Crippen LogP) is 4.80. The number of amides is 3. The Morgan fingerprint density at radius 2 is 1.80 bits per heavy atom. The predicted molar refractivity (Wildman–Crippen MR) is 188 cm³/mol. The molecule has 8 rings (SSSR count). The number of fused-ring (bicyclic) bond motifs is 2. The highest BCUT2D eigenvalue weighted by Crippen LogP contribution is 2.38. The van der Waals surface area contributed by atoms with Crippen LogP contribution in [0.1, 0.15) is 79.2 Å². The molecule has 1 aliphatic carbocycles. The van der Waals surface area contributed by atoms with Crippen LogP contribution >= 0.6 is 0 Å². The van der Waals surface area contributed by atoms with E-state index in [9.17, 15) is 14.4 Å². The molecule has 1 unspecified atom stereocenters. The summed E-state index contributed by atoms with van der Waals surface area (Å²) in [5.74, 6) is -1.04. The zero-order valence-corrected chi connectivity index (χ0v) is 28.9. The SMILES string of the molecule is CC1(C)CCc2c(-c3cc4cc(F)c(C(=O)N5CCN(CC6CCN(c7ccc(C8CCC(=O)NC8=O)nc7)CC6)CC5)cc4[nH]3)n[nH]c2C1. The molecule has 3 aliphatic heterocycles. The van der Waals surface area contributed by atoms with Crippen LogP contribution < -0.4 is 10.2 Å². The second-order valence-corrected chi connectivity index (χ2v) is 15.4. The molecule has 4 aliphatic rings. The summed E-state index contributed by atoms with van der Waals surface area (Å²) in [5.41, 5.74) is 6.99. The fourth-order valence-corrected chi connectivity index (χ4v) is 8.32. The number of pyridine rings is 1. The molecule has 4 aromatic rings. The second-order valence-electron chi connectivity index (χ2n) is 15.4. The van der Waals surface area contributed by atoms with Crippen LogP contribution in [0.15, 0.2) is 36.5 Å². The summed E-state index contributed by atoms with van der Waals surface area (Å²) in [7, 11) is 0. The monoisotopic (exact) mass is 680 g/mol. The minimum Gasteiger partial charge on any atom is -0.370 e. The Morgan fingerprint density at radius 3 is 2.54 bits per heavy atom. The fraction of sp³-hybridized carbons (Fsp3) is 0.500. The van der Waals surface area contributed by atoms with Crippen molar-refractivity contribution in [3.05, 3.63) is 64.9 Å². The molecule has 11 nitrogen and oxygen atoms in total. The lowest BCUT2D eigenvalue weighted by Gasteiger charge is -2.39. The standard InChI is InChI=1S/C38H45FN8O3/c1-38(2)10-7-26-33(20-38)43-44-35(26)32-18-24-17-29(39)28(19-31(24)41-32)37(50)47-15-13-45(14-16-47)22-23-8-11-46(12-9-23)25-3-5-30(40-21-25)27-4-6-34(48)42-36(27)49/h3,5,17-19,21,23,27,41H,4,6-16,20,22H2,1-2H3,(H,43,44)(H,42,48,49). The lowest BCUT2D eigenvalue weighted by Crippen LogP contribution is -2.50. The summed E-state index contributed by atoms with van der Waals surface area (Å²) in [6.45, 7) is 10.1. The maximum Gasteiger partial charge on any atom is 0.256 e. The molecule has 262 valence electrons. The van der Waals surface area contributed by atoms with Crippen molar-refractivity contribution in [2.45, 2.75) is 64.7 Å². The van der Waals surface area contributed by atoms with E-state index in [0.29, 0.717) is 37.5 Å². The molecule has 1 aromatic carbocycles. The van der Waals surface area contributed by atoms with Gasteiger partial charge in [-0.05, 0) is 80.2 Å². The highest BCUT2D eigenvalue weighted by molar-refractivity contribution is 6.01. The number of nitrogens with one attached hydrogen (secondary N) is 3. The molecule has 12 heteroatoms. The van der Waals surface area contributed by atoms with E-state index < -0.39 is 5.82 Å². The Bertz CT molecular complexity index is 1930. The first-order valence-electron chi connectivity index (χ1n) is 18.1. The number of nitrogens with zero attached hydrogens (tertiary/aromatic N) is 5. The van der Waals surface area contributed by atoms with Crippen LogP contribution in [0.5, 0.6) is 0 Å². The normalized spacial score (nSPS) is 21.8. The lowest BCUT2D eigenvalue weighted by molar-refractivity contribution is -0.134. The molecule has 3 aromatic heterocycles. The number of hydrogen-bond donors (Lipinski definition) is 3. The number of aromatic amines is 2. The van der Waals surface area contributed by atoms with Gasteiger partial charge in [-0.25, -0.2) is 4.39 Å². The molecule has 3 fully saturated rings. The number of piperazine rings is 1. The molecule has 0 bridgehead atoms. The van der Waals surface area contributed by atoms with Crippen LogP contribution in [0.4, 0.5) is 10.1 Å². The van der Waals surface area contributed by atoms with Crippen molar-refractivity contribution in [1.29, 1.82) is 0 Å². The summed E-state index contributed by atoms with van der Waals surface area (Å²) in [5, 5.41) is 11.0. The highest BCUT2D eigenvalue weighted by atomic mass is 19.1. The van der Waals surface area contributed by atoms with Crippen LogP contribution in [0, 0.1) is 17.2 Å². The van der Waals surface area contributed by atoms with Gasteiger partial charge in [-0.1, -0.05) is 13.8 Å². The smallest absolute Gasteiger partial charge is 0.256 e. The van der Waals surface area contributed by atoms with Gasteiger partial charge in [-0.3, -0.25) is 34.7 Å². The zero-order valence-electron chi connectivity index (χ0n) is 28.9. The van der Waals surface area contributed by atoms with Crippen LogP contribution in [0.2, 0.25) is 0 Å². The summed E-state index contributed by atoms with van der Waals surface area (Å²) in [4.78, 5) is 51.8. The van der Waals surface area contributed by atoms with Gasteiger partial charge in [0.05, 0.1) is 34.8 Å². The van der Waals surface area contributed by atoms with E-state index in [2.05, 4.69) is 49.1 Å². The van der Waals surface area contributed by atoms with E-state index in [1.807, 2.05) is 24.4 Å². The van der Waals surface area contributed by atoms with E-state index in [-0.39, 0.29) is 34.6 Å². The number of aromatic nitrogens is 4. The van der Waals surface area contributed by atoms with Crippen molar-refractivity contribution >= 4 is 34.3 Å². The summed E-state index contributed by atoms with van der Waals surface area (Å²) >= 11 is 0. The first kappa shape index (κ1) is 32.6. The molecule has 0 spiro atoms. The Balaban J connectivity index is 0.836. The van der Waals surface area contributed by atoms with Crippen LogP contribution in [-0.2, 0) is 22.4 Å². The minimum absolute atomic E-state index is 0.108. The number of rotatable bonds is 6. The van der Waals surface area contributed by atoms with Crippen molar-refractivity contribution in [2.75, 3.05) is 50.7 Å². The zero-order chi connectivity index (χ0) is 34.6. The van der Waals surface area contributed by atoms with E-state index in [1.165, 1.54) is 17.3 Å². The number of piperidine rings is 2. The van der Waals surface area contributed by atoms with Crippen molar-refractivity contribution < 1.29 is 18.8 Å². The Hall–Kier alpha value is -4.58. The van der Waals surface area contributed by atoms with Gasteiger partial charge in [0.25, 0.3) is 5.91 Å². The third-order valence-corrected chi connectivity index (χ3v) is 11.4. The minimum atomic E-state index is -0.492. The number of H-pyrrole nitrogens is 2. The second kappa shape index (κ2) is 12.9. The lowest BCUT2D eigenvalue weighted by atomic mass is 9.76. The average molecular weight is 681 g/mol. The molecule has 3 saturated heterocycles. The van der Waals surface area contributed by atoms with Crippen LogP contribution in [-0.4, -0.2) is 93.5 Å². The largest absolute Gasteiger partial charge is 0.370 e. The Kier molecular flexibility index (Phi) is 8.45. The van der Waals surface area contributed by atoms with E-state index >= 15 is 4.39 Å². The number of carbonyl (C=O) groups excluding carboxylic acids is 3. The molecule has 6 heterocycles. The van der Waals surface area contributed by atoms with E-state index in [4.69, 9.17) is 0 Å². The maximum absolute atomic E-state index is 15.4. The van der Waals surface area contributed by atoms with Gasteiger partial charge in [-0.2, -0.15) is 5.10 Å². The number of imide groups is 1. The molecule has 3 N–H and O–H groups in total. The molecule has 3 amide bonds. The van der Waals surface area contributed by atoms with Gasteiger partial charge in [0, 0.05) is 74.4 Å². The van der Waals surface area contributed by atoms with Crippen LogP contribution in [0.25, 0.3) is 22.3 Å². The summed E-state index contributed by atoms with van der Waals surface area (Å²) in [6, 6.07) is 9.01. The number of carbonyl (C=O) groups is 3. The van der Waals surface area contributed by atoms with Crippen molar-refractivity contribution in [2.24, 2.45) is 11.3 Å². The van der Waals surface area contributed by atoms with E-state index in [1.54, 1.807) is 11.0 Å². The van der Waals surface area contributed by atoms with Crippen molar-refractivity contribution in [3.8, 4) is 11.4 Å². The van der Waals surface area contributed by atoms with Gasteiger partial charge >= 0.3 is 0 Å². The average Bonchev–Trinajstić information content (AvgIpc) is 3.71. The van der Waals surface area contributed by atoms with Gasteiger partial charge < -0.3 is 14.8 Å². The van der Waals surface area contributed by atoms with Crippen molar-refractivity contribution in [1.82, 2.24) is 35.3 Å². The molecule has 0 saturated carbocycles.